The molecule has 0 heterocycles. The molecule has 0 aliphatic rings. The lowest BCUT2D eigenvalue weighted by Crippen LogP contribution is -2.54. The monoisotopic (exact) mass is 519 g/mol. The molecule has 0 fully saturated rings. The predicted octanol–water partition coefficient (Wildman–Crippen LogP) is 3.11. The molecule has 0 aliphatic heterocycles. The lowest BCUT2D eigenvalue weighted by atomic mass is 10.1. The highest BCUT2D eigenvalue weighted by Crippen LogP contribution is 2.32. The van der Waals surface area contributed by atoms with Crippen molar-refractivity contribution in [3.63, 3.8) is 0 Å². The number of aryl methyl sites for hydroxylation is 1. The summed E-state index contributed by atoms with van der Waals surface area (Å²) in [4.78, 5) is 28.0. The van der Waals surface area contributed by atoms with Gasteiger partial charge in [0.25, 0.3) is 0 Å². The molecule has 2 aromatic rings. The highest BCUT2D eigenvalue weighted by Gasteiger charge is 2.31. The minimum Gasteiger partial charge on any atom is -0.493 e. The van der Waals surface area contributed by atoms with Gasteiger partial charge in [-0.05, 0) is 52.3 Å². The number of anilines is 1. The number of hydrogen-bond donors (Lipinski definition) is 1. The Hall–Kier alpha value is -3.27. The number of nitrogens with one attached hydrogen (secondary N) is 1. The van der Waals surface area contributed by atoms with Gasteiger partial charge in [0.05, 0.1) is 26.2 Å². The van der Waals surface area contributed by atoms with Gasteiger partial charge in [0.15, 0.2) is 11.5 Å². The Labute approximate surface area is 214 Å². The molecule has 198 valence electrons. The number of amides is 2. The summed E-state index contributed by atoms with van der Waals surface area (Å²) < 4.78 is 37.0. The minimum absolute atomic E-state index is 0.142. The summed E-state index contributed by atoms with van der Waals surface area (Å²) in [6, 6.07) is 11.4. The highest BCUT2D eigenvalue weighted by atomic mass is 32.2. The maximum Gasteiger partial charge on any atom is 0.244 e. The smallest absolute Gasteiger partial charge is 0.244 e. The van der Waals surface area contributed by atoms with Gasteiger partial charge in [0, 0.05) is 18.2 Å². The van der Waals surface area contributed by atoms with Crippen molar-refractivity contribution in [2.24, 2.45) is 0 Å². The van der Waals surface area contributed by atoms with E-state index in [1.807, 2.05) is 52.0 Å². The van der Waals surface area contributed by atoms with Gasteiger partial charge < -0.3 is 19.7 Å². The molecule has 2 aromatic carbocycles. The molecule has 1 atom stereocenters. The molecular formula is C26H37N3O6S. The lowest BCUT2D eigenvalue weighted by molar-refractivity contribution is -0.140. The van der Waals surface area contributed by atoms with Crippen molar-refractivity contribution in [3.05, 3.63) is 53.6 Å². The van der Waals surface area contributed by atoms with Crippen LogP contribution >= 0.6 is 0 Å². The van der Waals surface area contributed by atoms with E-state index in [-0.39, 0.29) is 18.1 Å². The molecule has 9 nitrogen and oxygen atoms in total. The largest absolute Gasteiger partial charge is 0.493 e. The first-order valence-corrected chi connectivity index (χ1v) is 13.4. The lowest BCUT2D eigenvalue weighted by Gasteiger charge is -2.33. The molecule has 36 heavy (non-hydrogen) atoms. The van der Waals surface area contributed by atoms with Crippen molar-refractivity contribution in [1.29, 1.82) is 0 Å². The third kappa shape index (κ3) is 7.87. The molecule has 0 spiro atoms. The predicted molar refractivity (Wildman–Crippen MR) is 141 cm³/mol. The van der Waals surface area contributed by atoms with Crippen molar-refractivity contribution < 1.29 is 27.5 Å². The van der Waals surface area contributed by atoms with Gasteiger partial charge in [-0.25, -0.2) is 8.42 Å². The van der Waals surface area contributed by atoms with E-state index in [0.717, 1.165) is 21.7 Å². The van der Waals surface area contributed by atoms with Gasteiger partial charge in [-0.2, -0.15) is 0 Å². The molecule has 0 aromatic heterocycles. The summed E-state index contributed by atoms with van der Waals surface area (Å²) in [6.07, 6.45) is 1.03. The van der Waals surface area contributed by atoms with Crippen LogP contribution in [0.5, 0.6) is 11.5 Å². The van der Waals surface area contributed by atoms with Gasteiger partial charge in [0.1, 0.15) is 12.6 Å². The maximum atomic E-state index is 13.6. The topological polar surface area (TPSA) is 105 Å². The number of carbonyl (C=O) groups excluding carboxylic acids is 2. The zero-order valence-electron chi connectivity index (χ0n) is 22.3. The second-order valence-electron chi connectivity index (χ2n) is 9.73. The molecule has 0 bridgehead atoms. The zero-order valence-corrected chi connectivity index (χ0v) is 23.1. The molecular weight excluding hydrogens is 482 g/mol. The Morgan fingerprint density at radius 3 is 2.19 bits per heavy atom. The molecule has 0 saturated heterocycles. The minimum atomic E-state index is -3.86. The van der Waals surface area contributed by atoms with Gasteiger partial charge in [-0.1, -0.05) is 29.8 Å². The Bertz CT molecular complexity index is 1190. The first-order valence-electron chi connectivity index (χ1n) is 11.5. The van der Waals surface area contributed by atoms with E-state index >= 15 is 0 Å². The van der Waals surface area contributed by atoms with E-state index in [4.69, 9.17) is 9.47 Å². The SMILES string of the molecule is COc1ccc(N(CC(=O)N(Cc2cccc(C)c2)[C@@H](C)C(=O)NC(C)(C)C)S(C)(=O)=O)cc1OC. The summed E-state index contributed by atoms with van der Waals surface area (Å²) in [7, 11) is -0.941. The number of nitrogens with zero attached hydrogens (tertiary/aromatic N) is 2. The average molecular weight is 520 g/mol. The van der Waals surface area contributed by atoms with E-state index in [1.165, 1.54) is 31.3 Å². The summed E-state index contributed by atoms with van der Waals surface area (Å²) in [5.74, 6) is -0.103. The number of benzene rings is 2. The third-order valence-electron chi connectivity index (χ3n) is 5.44. The van der Waals surface area contributed by atoms with Gasteiger partial charge >= 0.3 is 0 Å². The summed E-state index contributed by atoms with van der Waals surface area (Å²) in [6.45, 7) is 8.78. The standard InChI is InChI=1S/C26H37N3O6S/c1-18-10-9-11-20(14-18)16-28(19(2)25(31)27-26(3,4)5)24(30)17-29(36(8,32)33)21-12-13-22(34-6)23(15-21)35-7/h9-15,19H,16-17H2,1-8H3,(H,27,31)/t19-/m0/s1. The molecule has 0 unspecified atom stereocenters. The molecule has 10 heteroatoms. The van der Waals surface area contributed by atoms with Crippen molar-refractivity contribution in [3.8, 4) is 11.5 Å². The highest BCUT2D eigenvalue weighted by molar-refractivity contribution is 7.92. The van der Waals surface area contributed by atoms with Crippen LogP contribution < -0.4 is 19.1 Å². The number of hydrogen-bond acceptors (Lipinski definition) is 6. The van der Waals surface area contributed by atoms with Crippen molar-refractivity contribution in [2.45, 2.75) is 52.7 Å². The number of ether oxygens (including phenoxy) is 2. The number of sulfonamides is 1. The van der Waals surface area contributed by atoms with Crippen LogP contribution in [-0.4, -0.2) is 63.7 Å². The number of carbonyl (C=O) groups is 2. The second kappa shape index (κ2) is 11.6. The average Bonchev–Trinajstić information content (AvgIpc) is 2.78. The van der Waals surface area contributed by atoms with Crippen LogP contribution in [-0.2, 0) is 26.2 Å². The van der Waals surface area contributed by atoms with Crippen LogP contribution in [0.4, 0.5) is 5.69 Å². The fraction of sp³-hybridized carbons (Fsp3) is 0.462. The molecule has 0 aliphatic carbocycles. The number of methoxy groups -OCH3 is 2. The van der Waals surface area contributed by atoms with Crippen LogP contribution in [0.2, 0.25) is 0 Å². The first-order chi connectivity index (χ1) is 16.7. The quantitative estimate of drug-likeness (QED) is 0.517. The molecule has 0 saturated carbocycles. The zero-order chi connectivity index (χ0) is 27.3. The maximum absolute atomic E-state index is 13.6. The second-order valence-corrected chi connectivity index (χ2v) is 11.6. The van der Waals surface area contributed by atoms with Crippen molar-refractivity contribution >= 4 is 27.5 Å². The Balaban J connectivity index is 2.46. The van der Waals surface area contributed by atoms with E-state index in [0.29, 0.717) is 11.5 Å². The van der Waals surface area contributed by atoms with Crippen molar-refractivity contribution in [1.82, 2.24) is 10.2 Å². The summed E-state index contributed by atoms with van der Waals surface area (Å²) in [5, 5.41) is 2.90. The molecule has 1 N–H and O–H groups in total. The van der Waals surface area contributed by atoms with E-state index in [2.05, 4.69) is 5.32 Å². The Kier molecular flexibility index (Phi) is 9.37. The van der Waals surface area contributed by atoms with Crippen LogP contribution in [0.1, 0.15) is 38.8 Å². The van der Waals surface area contributed by atoms with Crippen LogP contribution in [0.3, 0.4) is 0 Å². The normalized spacial score (nSPS) is 12.4. The number of rotatable bonds is 10. The fourth-order valence-electron chi connectivity index (χ4n) is 3.66. The van der Waals surface area contributed by atoms with Crippen LogP contribution in [0.25, 0.3) is 0 Å². The van der Waals surface area contributed by atoms with Crippen molar-refractivity contribution in [2.75, 3.05) is 31.3 Å². The summed E-state index contributed by atoms with van der Waals surface area (Å²) in [5.41, 5.74) is 1.58. The summed E-state index contributed by atoms with van der Waals surface area (Å²) >= 11 is 0. The van der Waals surface area contributed by atoms with Gasteiger partial charge in [-0.3, -0.25) is 13.9 Å². The Morgan fingerprint density at radius 2 is 1.67 bits per heavy atom. The van der Waals surface area contributed by atoms with Gasteiger partial charge in [-0.15, -0.1) is 0 Å². The van der Waals surface area contributed by atoms with E-state index < -0.39 is 34.1 Å². The van der Waals surface area contributed by atoms with E-state index in [1.54, 1.807) is 13.0 Å². The fourth-order valence-corrected chi connectivity index (χ4v) is 4.50. The first kappa shape index (κ1) is 29.0. The molecule has 2 amide bonds. The van der Waals surface area contributed by atoms with Crippen LogP contribution in [0.15, 0.2) is 42.5 Å². The molecule has 0 radical (unpaired) electrons. The van der Waals surface area contributed by atoms with E-state index in [9.17, 15) is 18.0 Å². The van der Waals surface area contributed by atoms with Crippen LogP contribution in [0, 0.1) is 6.92 Å². The Morgan fingerprint density at radius 1 is 1.03 bits per heavy atom. The third-order valence-corrected chi connectivity index (χ3v) is 6.58. The van der Waals surface area contributed by atoms with Gasteiger partial charge in [0.2, 0.25) is 21.8 Å². The molecule has 2 rings (SSSR count).